The maximum absolute atomic E-state index is 8.23. The predicted molar refractivity (Wildman–Crippen MR) is 57.6 cm³/mol. The fraction of sp³-hybridized carbons (Fsp3) is 0.125. The predicted octanol–water partition coefficient (Wildman–Crippen LogP) is 1.89. The molecule has 4 nitrogen and oxygen atoms in total. The van der Waals surface area contributed by atoms with Crippen molar-refractivity contribution in [3.05, 3.63) is 29.3 Å². The summed E-state index contributed by atoms with van der Waals surface area (Å²) in [7, 11) is 0. The van der Waals surface area contributed by atoms with Gasteiger partial charge in [-0.25, -0.2) is 0 Å². The van der Waals surface area contributed by atoms with Crippen molar-refractivity contribution < 1.29 is 9.94 Å². The quantitative estimate of drug-likeness (QED) is 0.365. The van der Waals surface area contributed by atoms with Gasteiger partial charge in [-0.3, -0.25) is 0 Å². The van der Waals surface area contributed by atoms with Crippen LogP contribution in [0.5, 0.6) is 5.75 Å². The Labute approximate surface area is 92.7 Å². The number of rotatable bonds is 3. The smallest absolute Gasteiger partial charge is 0.177 e. The van der Waals surface area contributed by atoms with Gasteiger partial charge in [0.2, 0.25) is 0 Å². The first kappa shape index (κ1) is 12.9. The summed E-state index contributed by atoms with van der Waals surface area (Å²) >= 11 is 5.78. The molecule has 0 unspecified atom stereocenters. The fourth-order valence-corrected chi connectivity index (χ4v) is 0.933. The van der Waals surface area contributed by atoms with Crippen molar-refractivity contribution in [3.8, 4) is 5.75 Å². The van der Waals surface area contributed by atoms with E-state index in [1.54, 1.807) is 24.3 Å². The normalized spacial score (nSPS) is 10.5. The third-order valence-corrected chi connectivity index (χ3v) is 1.65. The lowest BCUT2D eigenvalue weighted by Crippen LogP contribution is -2.20. The highest BCUT2D eigenvalue weighted by atomic mass is 35.5. The molecule has 0 aliphatic carbocycles. The highest BCUT2D eigenvalue weighted by Gasteiger charge is 2.00. The van der Waals surface area contributed by atoms with Crippen LogP contribution in [0.2, 0.25) is 5.02 Å². The summed E-state index contributed by atoms with van der Waals surface area (Å²) in [5.74, 6) is 0.510. The number of ether oxygens (including phenoxy) is 1. The first-order chi connectivity index (χ1) is 6.24. The first-order valence-electron chi connectivity index (χ1n) is 3.57. The molecular formula is C8H10Cl2N2O2. The van der Waals surface area contributed by atoms with Crippen molar-refractivity contribution in [2.45, 2.75) is 0 Å². The number of benzene rings is 1. The summed E-state index contributed by atoms with van der Waals surface area (Å²) in [5.41, 5.74) is 5.20. The summed E-state index contributed by atoms with van der Waals surface area (Å²) in [5, 5.41) is 11.5. The number of oxime groups is 1. The molecule has 0 radical (unpaired) electrons. The molecule has 1 rings (SSSR count). The van der Waals surface area contributed by atoms with Crippen LogP contribution in [0.3, 0.4) is 0 Å². The Kier molecular flexibility index (Phi) is 5.83. The molecule has 0 bridgehead atoms. The molecule has 0 atom stereocenters. The van der Waals surface area contributed by atoms with Crippen molar-refractivity contribution in [2.24, 2.45) is 10.9 Å². The van der Waals surface area contributed by atoms with E-state index in [9.17, 15) is 0 Å². The molecule has 1 aromatic rings. The standard InChI is InChI=1S/C8H9ClN2O2.ClH/c9-6-3-1-2-4-7(6)13-5-8(10)11-12;/h1-4,12H,5H2,(H2,10,11);1H. The second kappa shape index (κ2) is 6.34. The third-order valence-electron chi connectivity index (χ3n) is 1.34. The van der Waals surface area contributed by atoms with Crippen LogP contribution in [0, 0.1) is 0 Å². The molecule has 0 saturated carbocycles. The van der Waals surface area contributed by atoms with Gasteiger partial charge in [-0.05, 0) is 12.1 Å². The monoisotopic (exact) mass is 236 g/mol. The molecular weight excluding hydrogens is 227 g/mol. The van der Waals surface area contributed by atoms with E-state index in [0.717, 1.165) is 0 Å². The van der Waals surface area contributed by atoms with Crippen LogP contribution in [-0.2, 0) is 0 Å². The average Bonchev–Trinajstić information content (AvgIpc) is 2.16. The largest absolute Gasteiger partial charge is 0.484 e. The zero-order chi connectivity index (χ0) is 9.68. The van der Waals surface area contributed by atoms with Gasteiger partial charge in [-0.15, -0.1) is 12.4 Å². The van der Waals surface area contributed by atoms with Gasteiger partial charge in [0.05, 0.1) is 5.02 Å². The van der Waals surface area contributed by atoms with Gasteiger partial charge in [0.25, 0.3) is 0 Å². The number of nitrogens with two attached hydrogens (primary N) is 1. The van der Waals surface area contributed by atoms with E-state index in [0.29, 0.717) is 10.8 Å². The summed E-state index contributed by atoms with van der Waals surface area (Å²) < 4.78 is 5.14. The molecule has 6 heteroatoms. The van der Waals surface area contributed by atoms with Gasteiger partial charge in [0, 0.05) is 0 Å². The zero-order valence-electron chi connectivity index (χ0n) is 7.18. The van der Waals surface area contributed by atoms with Gasteiger partial charge >= 0.3 is 0 Å². The summed E-state index contributed by atoms with van der Waals surface area (Å²) in [6, 6.07) is 6.97. The van der Waals surface area contributed by atoms with Gasteiger partial charge in [0.15, 0.2) is 5.84 Å². The molecule has 0 saturated heterocycles. The maximum Gasteiger partial charge on any atom is 0.177 e. The molecule has 0 aromatic heterocycles. The Morgan fingerprint density at radius 3 is 2.71 bits per heavy atom. The third kappa shape index (κ3) is 3.72. The summed E-state index contributed by atoms with van der Waals surface area (Å²) in [6.07, 6.45) is 0. The highest BCUT2D eigenvalue weighted by Crippen LogP contribution is 2.22. The van der Waals surface area contributed by atoms with E-state index in [1.165, 1.54) is 0 Å². The van der Waals surface area contributed by atoms with Gasteiger partial charge in [0.1, 0.15) is 12.4 Å². The summed E-state index contributed by atoms with van der Waals surface area (Å²) in [4.78, 5) is 0. The number of amidine groups is 1. The van der Waals surface area contributed by atoms with E-state index < -0.39 is 0 Å². The first-order valence-corrected chi connectivity index (χ1v) is 3.95. The average molecular weight is 237 g/mol. The van der Waals surface area contributed by atoms with Crippen molar-refractivity contribution in [3.63, 3.8) is 0 Å². The van der Waals surface area contributed by atoms with Crippen LogP contribution in [0.25, 0.3) is 0 Å². The molecule has 0 fully saturated rings. The molecule has 14 heavy (non-hydrogen) atoms. The van der Waals surface area contributed by atoms with Crippen LogP contribution in [0.4, 0.5) is 0 Å². The molecule has 78 valence electrons. The lowest BCUT2D eigenvalue weighted by Gasteiger charge is -2.05. The number of para-hydroxylation sites is 1. The SMILES string of the molecule is Cl.N/C(COc1ccccc1Cl)=N\O. The summed E-state index contributed by atoms with van der Waals surface area (Å²) in [6.45, 7) is 0.0141. The molecule has 0 spiro atoms. The fourth-order valence-electron chi connectivity index (χ4n) is 0.742. The van der Waals surface area contributed by atoms with Crippen LogP contribution in [0.15, 0.2) is 29.4 Å². The Hall–Kier alpha value is -1.13. The lowest BCUT2D eigenvalue weighted by atomic mass is 10.3. The van der Waals surface area contributed by atoms with E-state index in [4.69, 9.17) is 27.3 Å². The van der Waals surface area contributed by atoms with Crippen molar-refractivity contribution in [2.75, 3.05) is 6.61 Å². The van der Waals surface area contributed by atoms with Gasteiger partial charge < -0.3 is 15.7 Å². The zero-order valence-corrected chi connectivity index (χ0v) is 8.76. The molecule has 0 aliphatic rings. The van der Waals surface area contributed by atoms with Crippen molar-refractivity contribution >= 4 is 29.8 Å². The van der Waals surface area contributed by atoms with Crippen LogP contribution >= 0.6 is 24.0 Å². The Bertz CT molecular complexity index is 318. The van der Waals surface area contributed by atoms with Crippen LogP contribution < -0.4 is 10.5 Å². The van der Waals surface area contributed by atoms with Gasteiger partial charge in [-0.2, -0.15) is 0 Å². The minimum Gasteiger partial charge on any atom is -0.484 e. The van der Waals surface area contributed by atoms with E-state index in [2.05, 4.69) is 5.16 Å². The Morgan fingerprint density at radius 2 is 2.14 bits per heavy atom. The number of hydrogen-bond acceptors (Lipinski definition) is 3. The number of nitrogens with zero attached hydrogens (tertiary/aromatic N) is 1. The number of hydrogen-bond donors (Lipinski definition) is 2. The minimum atomic E-state index is -0.0000743. The molecule has 1 aromatic carbocycles. The van der Waals surface area contributed by atoms with Crippen molar-refractivity contribution in [1.82, 2.24) is 0 Å². The minimum absolute atomic E-state index is 0. The molecule has 0 heterocycles. The van der Waals surface area contributed by atoms with Crippen LogP contribution in [-0.4, -0.2) is 17.6 Å². The lowest BCUT2D eigenvalue weighted by molar-refractivity contribution is 0.306. The van der Waals surface area contributed by atoms with E-state index >= 15 is 0 Å². The second-order valence-corrected chi connectivity index (χ2v) is 2.72. The Balaban J connectivity index is 0.00000169. The molecule has 3 N–H and O–H groups in total. The van der Waals surface area contributed by atoms with E-state index in [-0.39, 0.29) is 24.8 Å². The number of halogens is 2. The second-order valence-electron chi connectivity index (χ2n) is 2.31. The van der Waals surface area contributed by atoms with E-state index in [1.807, 2.05) is 0 Å². The van der Waals surface area contributed by atoms with Crippen LogP contribution in [0.1, 0.15) is 0 Å². The maximum atomic E-state index is 8.23. The van der Waals surface area contributed by atoms with Crippen molar-refractivity contribution in [1.29, 1.82) is 0 Å². The highest BCUT2D eigenvalue weighted by molar-refractivity contribution is 6.32. The topological polar surface area (TPSA) is 67.8 Å². The van der Waals surface area contributed by atoms with Gasteiger partial charge in [-0.1, -0.05) is 28.9 Å². The Morgan fingerprint density at radius 1 is 1.50 bits per heavy atom. The molecule has 0 amide bonds. The molecule has 0 aliphatic heterocycles.